The van der Waals surface area contributed by atoms with Crippen molar-refractivity contribution in [2.45, 2.75) is 19.1 Å². The molecule has 1 aromatic heterocycles. The van der Waals surface area contributed by atoms with Gasteiger partial charge in [0.05, 0.1) is 12.8 Å². The van der Waals surface area contributed by atoms with Crippen LogP contribution < -0.4 is 10.6 Å². The second-order valence-corrected chi connectivity index (χ2v) is 5.24. The number of hydrogen-bond acceptors (Lipinski definition) is 4. The van der Waals surface area contributed by atoms with Crippen molar-refractivity contribution in [3.63, 3.8) is 0 Å². The molecule has 122 valence electrons. The summed E-state index contributed by atoms with van der Waals surface area (Å²) in [7, 11) is 0. The lowest BCUT2D eigenvalue weighted by Gasteiger charge is -2.20. The van der Waals surface area contributed by atoms with E-state index in [0.717, 1.165) is 0 Å². The van der Waals surface area contributed by atoms with E-state index in [2.05, 4.69) is 10.6 Å². The number of hydrogen-bond donors (Lipinski definition) is 3. The quantitative estimate of drug-likeness (QED) is 0.718. The van der Waals surface area contributed by atoms with E-state index in [-0.39, 0.29) is 24.7 Å². The first kappa shape index (κ1) is 16.7. The summed E-state index contributed by atoms with van der Waals surface area (Å²) in [6, 6.07) is 8.73. The molecule has 0 aliphatic carbocycles. The van der Waals surface area contributed by atoms with Crippen LogP contribution in [-0.4, -0.2) is 23.5 Å². The third-order valence-electron chi connectivity index (χ3n) is 3.22. The van der Waals surface area contributed by atoms with E-state index in [0.29, 0.717) is 5.56 Å². The molecule has 7 heteroatoms. The summed E-state index contributed by atoms with van der Waals surface area (Å²) in [4.78, 5) is 23.4. The van der Waals surface area contributed by atoms with Gasteiger partial charge in [0.2, 0.25) is 0 Å². The molecule has 2 rings (SSSR count). The Hall–Kier alpha value is -2.67. The zero-order valence-corrected chi connectivity index (χ0v) is 12.5. The second-order valence-electron chi connectivity index (χ2n) is 5.24. The highest BCUT2D eigenvalue weighted by Crippen LogP contribution is 2.19. The van der Waals surface area contributed by atoms with Gasteiger partial charge in [-0.2, -0.15) is 0 Å². The van der Waals surface area contributed by atoms with Crippen molar-refractivity contribution in [3.8, 4) is 0 Å². The molecule has 0 radical (unpaired) electrons. The maximum Gasteiger partial charge on any atom is 0.309 e. The largest absolute Gasteiger partial charge is 0.466 e. The van der Waals surface area contributed by atoms with Gasteiger partial charge in [-0.15, -0.1) is 0 Å². The minimum Gasteiger partial charge on any atom is -0.466 e. The van der Waals surface area contributed by atoms with Crippen LogP contribution in [0, 0.1) is 5.82 Å². The van der Waals surface area contributed by atoms with Crippen LogP contribution in [0.3, 0.4) is 0 Å². The Kier molecular flexibility index (Phi) is 5.13. The number of carbonyl (C=O) groups excluding carboxylic acids is 2. The molecule has 0 aliphatic heterocycles. The van der Waals surface area contributed by atoms with Gasteiger partial charge in [-0.3, -0.25) is 9.59 Å². The van der Waals surface area contributed by atoms with Gasteiger partial charge in [0, 0.05) is 6.54 Å². The first-order valence-corrected chi connectivity index (χ1v) is 6.95. The van der Waals surface area contributed by atoms with Gasteiger partial charge in [-0.05, 0) is 36.8 Å². The van der Waals surface area contributed by atoms with Crippen molar-refractivity contribution in [2.75, 3.05) is 6.54 Å². The minimum absolute atomic E-state index is 0.0983. The molecule has 0 spiro atoms. The third-order valence-corrected chi connectivity index (χ3v) is 3.22. The fourth-order valence-electron chi connectivity index (χ4n) is 1.87. The van der Waals surface area contributed by atoms with E-state index < -0.39 is 17.4 Å². The smallest absolute Gasteiger partial charge is 0.309 e. The molecule has 3 N–H and O–H groups in total. The zero-order valence-electron chi connectivity index (χ0n) is 12.5. The number of halogens is 1. The lowest BCUT2D eigenvalue weighted by Crippen LogP contribution is -2.45. The van der Waals surface area contributed by atoms with E-state index in [1.165, 1.54) is 37.5 Å². The molecule has 0 unspecified atom stereocenters. The zero-order chi connectivity index (χ0) is 16.9. The normalized spacial score (nSPS) is 13.2. The van der Waals surface area contributed by atoms with E-state index in [4.69, 9.17) is 4.42 Å². The predicted octanol–water partition coefficient (Wildman–Crippen LogP) is 1.06. The first-order chi connectivity index (χ1) is 10.9. The number of carbonyl (C=O) groups is 2. The lowest BCUT2D eigenvalue weighted by atomic mass is 10.0. The summed E-state index contributed by atoms with van der Waals surface area (Å²) in [5.74, 6) is -1.81. The van der Waals surface area contributed by atoms with Crippen molar-refractivity contribution >= 4 is 11.8 Å². The van der Waals surface area contributed by atoms with E-state index in [1.54, 1.807) is 12.1 Å². The van der Waals surface area contributed by atoms with Crippen LogP contribution in [-0.2, 0) is 21.7 Å². The van der Waals surface area contributed by atoms with Crippen molar-refractivity contribution in [1.82, 2.24) is 10.6 Å². The number of rotatable bonds is 5. The van der Waals surface area contributed by atoms with Gasteiger partial charge in [0.25, 0.3) is 0 Å². The van der Waals surface area contributed by atoms with Crippen LogP contribution in [0.15, 0.2) is 47.1 Å². The summed E-state index contributed by atoms with van der Waals surface area (Å²) >= 11 is 0. The molecule has 6 nitrogen and oxygen atoms in total. The molecule has 1 aromatic carbocycles. The van der Waals surface area contributed by atoms with Crippen molar-refractivity contribution in [2.24, 2.45) is 0 Å². The predicted molar refractivity (Wildman–Crippen MR) is 79.5 cm³/mol. The van der Waals surface area contributed by atoms with Gasteiger partial charge in [0.15, 0.2) is 0 Å². The summed E-state index contributed by atoms with van der Waals surface area (Å²) in [5.41, 5.74) is -0.758. The van der Waals surface area contributed by atoms with Crippen LogP contribution in [0.25, 0.3) is 0 Å². The molecule has 23 heavy (non-hydrogen) atoms. The second kappa shape index (κ2) is 7.06. The maximum absolute atomic E-state index is 12.8. The Morgan fingerprint density at radius 2 is 1.83 bits per heavy atom. The Bertz CT molecular complexity index is 666. The van der Waals surface area contributed by atoms with Gasteiger partial charge in [-0.25, -0.2) is 4.39 Å². The van der Waals surface area contributed by atoms with Crippen LogP contribution in [0.4, 0.5) is 4.39 Å². The number of furan rings is 1. The van der Waals surface area contributed by atoms with E-state index >= 15 is 0 Å². The molecule has 1 atom stereocenters. The number of benzene rings is 1. The van der Waals surface area contributed by atoms with Crippen LogP contribution in [0.1, 0.15) is 18.2 Å². The lowest BCUT2D eigenvalue weighted by molar-refractivity contribution is -0.140. The number of nitrogens with one attached hydrogen (secondary N) is 2. The molecule has 0 saturated heterocycles. The topological polar surface area (TPSA) is 91.6 Å². The molecule has 0 aliphatic rings. The first-order valence-electron chi connectivity index (χ1n) is 6.95. The van der Waals surface area contributed by atoms with Gasteiger partial charge in [-0.1, -0.05) is 12.1 Å². The van der Waals surface area contributed by atoms with Crippen molar-refractivity contribution in [3.05, 3.63) is 59.8 Å². The molecular weight excluding hydrogens is 303 g/mol. The molecule has 2 aromatic rings. The highest BCUT2D eigenvalue weighted by atomic mass is 19.1. The third kappa shape index (κ3) is 4.65. The van der Waals surface area contributed by atoms with Crippen molar-refractivity contribution < 1.29 is 23.5 Å². The highest BCUT2D eigenvalue weighted by Gasteiger charge is 2.27. The Morgan fingerprint density at radius 3 is 2.43 bits per heavy atom. The fraction of sp³-hybridized carbons (Fsp3) is 0.250. The number of aliphatic hydroxyl groups is 1. The van der Waals surface area contributed by atoms with Crippen LogP contribution >= 0.6 is 0 Å². The van der Waals surface area contributed by atoms with Gasteiger partial charge >= 0.3 is 11.8 Å². The summed E-state index contributed by atoms with van der Waals surface area (Å²) in [5, 5.41) is 14.9. The standard InChI is InChI=1S/C16H17FN2O4/c1-16(22,13-3-2-8-23-13)10-19-15(21)14(20)18-9-11-4-6-12(17)7-5-11/h2-8,22H,9-10H2,1H3,(H,18,20)(H,19,21)/t16-/m1/s1. The summed E-state index contributed by atoms with van der Waals surface area (Å²) in [6.07, 6.45) is 1.40. The molecule has 0 bridgehead atoms. The van der Waals surface area contributed by atoms with E-state index in [1.807, 2.05) is 0 Å². The molecule has 0 saturated carbocycles. The monoisotopic (exact) mass is 320 g/mol. The highest BCUT2D eigenvalue weighted by molar-refractivity contribution is 6.35. The Morgan fingerprint density at radius 1 is 1.17 bits per heavy atom. The molecular formula is C16H17FN2O4. The maximum atomic E-state index is 12.8. The SMILES string of the molecule is C[C@@](O)(CNC(=O)C(=O)NCc1ccc(F)cc1)c1ccco1. The summed E-state index contributed by atoms with van der Waals surface area (Å²) < 4.78 is 17.8. The number of amides is 2. The van der Waals surface area contributed by atoms with Gasteiger partial charge in [0.1, 0.15) is 17.2 Å². The van der Waals surface area contributed by atoms with Gasteiger partial charge < -0.3 is 20.2 Å². The minimum atomic E-state index is -1.42. The van der Waals surface area contributed by atoms with Crippen LogP contribution in [0.2, 0.25) is 0 Å². The van der Waals surface area contributed by atoms with E-state index in [9.17, 15) is 19.1 Å². The Labute approximate surface area is 132 Å². The van der Waals surface area contributed by atoms with Crippen molar-refractivity contribution in [1.29, 1.82) is 0 Å². The average molecular weight is 320 g/mol. The fourth-order valence-corrected chi connectivity index (χ4v) is 1.87. The summed E-state index contributed by atoms with van der Waals surface area (Å²) in [6.45, 7) is 1.38. The van der Waals surface area contributed by atoms with Crippen LogP contribution in [0.5, 0.6) is 0 Å². The molecule has 0 fully saturated rings. The molecule has 1 heterocycles. The molecule has 2 amide bonds. The average Bonchev–Trinajstić information content (AvgIpc) is 3.07. The Balaban J connectivity index is 1.81.